The lowest BCUT2D eigenvalue weighted by molar-refractivity contribution is 0.186. The van der Waals surface area contributed by atoms with Gasteiger partial charge in [0.25, 0.3) is 0 Å². The first-order valence-corrected chi connectivity index (χ1v) is 8.02. The molecule has 0 aliphatic carbocycles. The molecule has 25 heavy (non-hydrogen) atoms. The molecule has 2 heterocycles. The van der Waals surface area contributed by atoms with E-state index in [1.807, 2.05) is 50.2 Å². The van der Waals surface area contributed by atoms with Crippen LogP contribution in [0.2, 0.25) is 0 Å². The Labute approximate surface area is 146 Å². The molecule has 1 aromatic carbocycles. The summed E-state index contributed by atoms with van der Waals surface area (Å²) in [5, 5.41) is 0. The predicted octanol–water partition coefficient (Wildman–Crippen LogP) is 3.25. The van der Waals surface area contributed by atoms with Gasteiger partial charge in [0, 0.05) is 29.7 Å². The summed E-state index contributed by atoms with van der Waals surface area (Å²) in [5.41, 5.74) is 3.64. The molecule has 0 fully saturated rings. The summed E-state index contributed by atoms with van der Waals surface area (Å²) in [5.74, 6) is 0.798. The molecule has 3 rings (SSSR count). The molecule has 0 saturated heterocycles. The highest BCUT2D eigenvalue weighted by Gasteiger charge is 2.17. The highest BCUT2D eigenvalue weighted by atomic mass is 16.5. The van der Waals surface area contributed by atoms with Crippen molar-refractivity contribution >= 4 is 0 Å². The monoisotopic (exact) mass is 336 g/mol. The van der Waals surface area contributed by atoms with E-state index in [9.17, 15) is 0 Å². The smallest absolute Gasteiger partial charge is 0.317 e. The Bertz CT molecular complexity index is 802. The summed E-state index contributed by atoms with van der Waals surface area (Å²) in [6, 6.07) is 11.9. The summed E-state index contributed by atoms with van der Waals surface area (Å²) in [6.45, 7) is 3.85. The summed E-state index contributed by atoms with van der Waals surface area (Å²) < 4.78 is 11.3. The molecule has 128 valence electrons. The predicted molar refractivity (Wildman–Crippen MR) is 93.6 cm³/mol. The van der Waals surface area contributed by atoms with Gasteiger partial charge in [-0.2, -0.15) is 0 Å². The van der Waals surface area contributed by atoms with Gasteiger partial charge >= 0.3 is 6.01 Å². The van der Waals surface area contributed by atoms with Crippen LogP contribution in [0.25, 0.3) is 0 Å². The molecule has 0 aliphatic rings. The number of ether oxygens (including phenoxy) is 2. The summed E-state index contributed by atoms with van der Waals surface area (Å²) in [4.78, 5) is 17.0. The Morgan fingerprint density at radius 3 is 2.32 bits per heavy atom. The van der Waals surface area contributed by atoms with Crippen molar-refractivity contribution in [3.8, 4) is 11.8 Å². The fraction of sp³-hybridized carbons (Fsp3) is 0.263. The lowest BCUT2D eigenvalue weighted by Gasteiger charge is -2.19. The highest BCUT2D eigenvalue weighted by molar-refractivity contribution is 5.29. The van der Waals surface area contributed by atoms with Crippen molar-refractivity contribution in [1.82, 2.24) is 19.9 Å². The van der Waals surface area contributed by atoms with Crippen molar-refractivity contribution in [2.24, 2.45) is 0 Å². The lowest BCUT2D eigenvalue weighted by atomic mass is 10.0. The number of aryl methyl sites for hydroxylation is 2. The van der Waals surface area contributed by atoms with E-state index in [-0.39, 0.29) is 6.10 Å². The van der Waals surface area contributed by atoms with Crippen molar-refractivity contribution in [3.63, 3.8) is 0 Å². The maximum absolute atomic E-state index is 6.12. The molecule has 0 bridgehead atoms. The maximum atomic E-state index is 6.12. The molecular formula is C19H20N4O2. The zero-order valence-corrected chi connectivity index (χ0v) is 14.5. The van der Waals surface area contributed by atoms with Crippen LogP contribution in [0.1, 0.15) is 28.7 Å². The third-order valence-electron chi connectivity index (χ3n) is 3.73. The zero-order valence-electron chi connectivity index (χ0n) is 14.5. The molecule has 2 aromatic heterocycles. The fourth-order valence-electron chi connectivity index (χ4n) is 2.55. The van der Waals surface area contributed by atoms with Crippen molar-refractivity contribution < 1.29 is 9.47 Å². The van der Waals surface area contributed by atoms with Gasteiger partial charge in [-0.1, -0.05) is 12.1 Å². The molecule has 0 radical (unpaired) electrons. The molecule has 0 spiro atoms. The van der Waals surface area contributed by atoms with Crippen LogP contribution < -0.4 is 9.47 Å². The van der Waals surface area contributed by atoms with Gasteiger partial charge < -0.3 is 9.47 Å². The van der Waals surface area contributed by atoms with E-state index in [0.717, 1.165) is 28.4 Å². The second-order valence-electron chi connectivity index (χ2n) is 5.72. The van der Waals surface area contributed by atoms with Crippen LogP contribution in [-0.4, -0.2) is 27.0 Å². The number of hydrogen-bond donors (Lipinski definition) is 0. The highest BCUT2D eigenvalue weighted by Crippen LogP contribution is 2.25. The number of nitrogens with zero attached hydrogens (tertiary/aromatic N) is 4. The van der Waals surface area contributed by atoms with E-state index in [1.54, 1.807) is 13.3 Å². The first-order chi connectivity index (χ1) is 12.1. The SMILES string of the molecule is COc1ccc(C(Cc2ccncn2)Oc2nc(C)cc(C)n2)cc1. The van der Waals surface area contributed by atoms with Crippen LogP contribution in [0.5, 0.6) is 11.8 Å². The third kappa shape index (κ3) is 4.50. The van der Waals surface area contributed by atoms with Gasteiger partial charge in [0.2, 0.25) is 0 Å². The van der Waals surface area contributed by atoms with Gasteiger partial charge in [-0.05, 0) is 43.7 Å². The topological polar surface area (TPSA) is 70.0 Å². The Hall–Kier alpha value is -3.02. The first kappa shape index (κ1) is 16.8. The van der Waals surface area contributed by atoms with Crippen LogP contribution in [0.4, 0.5) is 0 Å². The van der Waals surface area contributed by atoms with Gasteiger partial charge in [0.15, 0.2) is 0 Å². The molecule has 0 N–H and O–H groups in total. The molecule has 1 atom stereocenters. The second-order valence-corrected chi connectivity index (χ2v) is 5.72. The molecule has 0 aliphatic heterocycles. The average molecular weight is 336 g/mol. The van der Waals surface area contributed by atoms with E-state index in [0.29, 0.717) is 12.4 Å². The van der Waals surface area contributed by atoms with Gasteiger partial charge in [0.05, 0.1) is 7.11 Å². The number of hydrogen-bond acceptors (Lipinski definition) is 6. The number of aromatic nitrogens is 4. The van der Waals surface area contributed by atoms with Crippen LogP contribution in [0.3, 0.4) is 0 Å². The lowest BCUT2D eigenvalue weighted by Crippen LogP contribution is -2.14. The van der Waals surface area contributed by atoms with Crippen molar-refractivity contribution in [3.05, 3.63) is 71.6 Å². The molecule has 6 nitrogen and oxygen atoms in total. The van der Waals surface area contributed by atoms with Crippen LogP contribution in [0.15, 0.2) is 48.9 Å². The standard InChI is InChI=1S/C19H20N4O2/c1-13-10-14(2)23-19(22-13)25-18(11-16-8-9-20-12-21-16)15-4-6-17(24-3)7-5-15/h4-10,12,18H,11H2,1-3H3. The molecular weight excluding hydrogens is 316 g/mol. The van der Waals surface area contributed by atoms with E-state index >= 15 is 0 Å². The van der Waals surface area contributed by atoms with Crippen LogP contribution in [0, 0.1) is 13.8 Å². The normalized spacial score (nSPS) is 11.8. The van der Waals surface area contributed by atoms with Crippen molar-refractivity contribution in [1.29, 1.82) is 0 Å². The molecule has 6 heteroatoms. The van der Waals surface area contributed by atoms with E-state index in [2.05, 4.69) is 19.9 Å². The number of methoxy groups -OCH3 is 1. The van der Waals surface area contributed by atoms with Crippen LogP contribution >= 0.6 is 0 Å². The van der Waals surface area contributed by atoms with E-state index < -0.39 is 0 Å². The van der Waals surface area contributed by atoms with Gasteiger partial charge in [-0.15, -0.1) is 0 Å². The Balaban J connectivity index is 1.89. The number of rotatable bonds is 6. The van der Waals surface area contributed by atoms with E-state index in [4.69, 9.17) is 9.47 Å². The third-order valence-corrected chi connectivity index (χ3v) is 3.73. The number of benzene rings is 1. The molecule has 0 amide bonds. The zero-order chi connectivity index (χ0) is 17.6. The molecule has 0 saturated carbocycles. The fourth-order valence-corrected chi connectivity index (χ4v) is 2.55. The Morgan fingerprint density at radius 1 is 1.00 bits per heavy atom. The maximum Gasteiger partial charge on any atom is 0.317 e. The van der Waals surface area contributed by atoms with Gasteiger partial charge in [-0.3, -0.25) is 0 Å². The van der Waals surface area contributed by atoms with Crippen LogP contribution in [-0.2, 0) is 6.42 Å². The summed E-state index contributed by atoms with van der Waals surface area (Å²) in [6.07, 6.45) is 3.58. The molecule has 1 unspecified atom stereocenters. The minimum Gasteiger partial charge on any atom is -0.497 e. The quantitative estimate of drug-likeness (QED) is 0.688. The van der Waals surface area contributed by atoms with E-state index in [1.165, 1.54) is 6.33 Å². The average Bonchev–Trinajstić information content (AvgIpc) is 2.61. The first-order valence-electron chi connectivity index (χ1n) is 8.02. The molecule has 3 aromatic rings. The largest absolute Gasteiger partial charge is 0.497 e. The summed E-state index contributed by atoms with van der Waals surface area (Å²) >= 11 is 0. The van der Waals surface area contributed by atoms with Gasteiger partial charge in [-0.25, -0.2) is 19.9 Å². The minimum absolute atomic E-state index is 0.262. The Morgan fingerprint density at radius 2 is 1.72 bits per heavy atom. The summed E-state index contributed by atoms with van der Waals surface area (Å²) in [7, 11) is 1.65. The second kappa shape index (κ2) is 7.70. The van der Waals surface area contributed by atoms with Gasteiger partial charge in [0.1, 0.15) is 18.2 Å². The van der Waals surface area contributed by atoms with Crippen molar-refractivity contribution in [2.75, 3.05) is 7.11 Å². The van der Waals surface area contributed by atoms with Crippen molar-refractivity contribution in [2.45, 2.75) is 26.4 Å². The minimum atomic E-state index is -0.262. The Kier molecular flexibility index (Phi) is 5.18.